The van der Waals surface area contributed by atoms with Gasteiger partial charge < -0.3 is 4.90 Å². The molecule has 0 bridgehead atoms. The van der Waals surface area contributed by atoms with Crippen LogP contribution in [0.15, 0.2) is 47.4 Å². The highest BCUT2D eigenvalue weighted by Crippen LogP contribution is 2.48. The number of allylic oxidation sites excluding steroid dienone is 1. The Kier molecular flexibility index (Phi) is 5.32. The zero-order chi connectivity index (χ0) is 23.3. The molecule has 0 radical (unpaired) electrons. The summed E-state index contributed by atoms with van der Waals surface area (Å²) in [4.78, 5) is 26.2. The minimum Gasteiger partial charge on any atom is -0.332 e. The van der Waals surface area contributed by atoms with Gasteiger partial charge in [-0.25, -0.2) is 0 Å². The molecule has 3 unspecified atom stereocenters. The lowest BCUT2D eigenvalue weighted by atomic mass is 10.1. The van der Waals surface area contributed by atoms with E-state index in [1.165, 1.54) is 17.1 Å². The fraction of sp³-hybridized carbons (Fsp3) is 0.455. The topological polar surface area (TPSA) is 75.9 Å². The monoisotopic (exact) mass is 460 g/mol. The van der Waals surface area contributed by atoms with Gasteiger partial charge in [-0.15, -0.1) is 0 Å². The Morgan fingerprint density at radius 1 is 1.15 bits per heavy atom. The van der Waals surface area contributed by atoms with E-state index >= 15 is 0 Å². The van der Waals surface area contributed by atoms with Crippen molar-refractivity contribution in [3.63, 3.8) is 0 Å². The molecule has 8 nitrogen and oxygen atoms in total. The highest BCUT2D eigenvalue weighted by atomic mass is 19.4. The highest BCUT2D eigenvalue weighted by molar-refractivity contribution is 5.98. The Morgan fingerprint density at radius 3 is 2.64 bits per heavy atom. The van der Waals surface area contributed by atoms with Crippen LogP contribution < -0.4 is 0 Å². The standard InChI is InChI=1S/C22H23F3N6O2/c1-13-3-4-18(31-27-5-6-28-31)16(9-13)21(32)29-7-8-30(33-12-14(29)2)20-15-10-19(22(23,24)25)26-11-17(15)20/h3-6,9-11,14-15,17,20H,7-8,12H2,1-2H3/t14-,15?,17?,20?/m1/s1. The number of amides is 1. The van der Waals surface area contributed by atoms with Crippen LogP contribution in [0.3, 0.4) is 0 Å². The van der Waals surface area contributed by atoms with Crippen molar-refractivity contribution in [3.8, 4) is 5.69 Å². The van der Waals surface area contributed by atoms with E-state index in [2.05, 4.69) is 15.2 Å². The number of benzene rings is 1. The van der Waals surface area contributed by atoms with Gasteiger partial charge in [0.15, 0.2) is 0 Å². The molecule has 33 heavy (non-hydrogen) atoms. The van der Waals surface area contributed by atoms with Gasteiger partial charge in [0.1, 0.15) is 5.70 Å². The predicted molar refractivity (Wildman–Crippen MR) is 113 cm³/mol. The molecule has 1 aliphatic carbocycles. The van der Waals surface area contributed by atoms with Gasteiger partial charge in [-0.3, -0.25) is 14.6 Å². The smallest absolute Gasteiger partial charge is 0.332 e. The summed E-state index contributed by atoms with van der Waals surface area (Å²) < 4.78 is 39.0. The third-order valence-electron chi connectivity index (χ3n) is 6.30. The second-order valence-electron chi connectivity index (χ2n) is 8.60. The third kappa shape index (κ3) is 4.06. The molecule has 1 aromatic heterocycles. The quantitative estimate of drug-likeness (QED) is 0.704. The normalized spacial score (nSPS) is 27.7. The summed E-state index contributed by atoms with van der Waals surface area (Å²) in [6.45, 7) is 4.82. The molecule has 3 heterocycles. The SMILES string of the molecule is Cc1ccc(-n2nccn2)c(C(=O)N2CCN(C3C4C=NC(C(F)(F)F)=CC43)OC[C@H]2C)c1. The van der Waals surface area contributed by atoms with Crippen LogP contribution in [-0.2, 0) is 4.84 Å². The maximum Gasteiger partial charge on any atom is 0.433 e. The molecular formula is C22H23F3N6O2. The van der Waals surface area contributed by atoms with Crippen molar-refractivity contribution in [2.24, 2.45) is 16.8 Å². The Labute approximate surface area is 188 Å². The van der Waals surface area contributed by atoms with E-state index in [1.54, 1.807) is 22.4 Å². The Morgan fingerprint density at radius 2 is 1.91 bits per heavy atom. The van der Waals surface area contributed by atoms with Gasteiger partial charge in [0.05, 0.1) is 42.3 Å². The molecule has 11 heteroatoms. The maximum atomic E-state index is 13.6. The van der Waals surface area contributed by atoms with E-state index < -0.39 is 11.9 Å². The Balaban J connectivity index is 1.33. The molecule has 2 aliphatic heterocycles. The number of fused-ring (bicyclic) bond motifs is 1. The Hall–Kier alpha value is -3.05. The van der Waals surface area contributed by atoms with Gasteiger partial charge >= 0.3 is 6.18 Å². The van der Waals surface area contributed by atoms with Crippen molar-refractivity contribution in [2.45, 2.75) is 32.1 Å². The average Bonchev–Trinajstić information content (AvgIpc) is 3.29. The van der Waals surface area contributed by atoms with Gasteiger partial charge in [0.25, 0.3) is 5.91 Å². The summed E-state index contributed by atoms with van der Waals surface area (Å²) in [5.41, 5.74) is 1.14. The second-order valence-corrected chi connectivity index (χ2v) is 8.60. The summed E-state index contributed by atoms with van der Waals surface area (Å²) in [7, 11) is 0. The van der Waals surface area contributed by atoms with Crippen LogP contribution in [0.2, 0.25) is 0 Å². The first-order valence-corrected chi connectivity index (χ1v) is 10.7. The fourth-order valence-electron chi connectivity index (χ4n) is 4.49. The summed E-state index contributed by atoms with van der Waals surface area (Å²) in [6, 6.07) is 5.08. The fourth-order valence-corrected chi connectivity index (χ4v) is 4.49. The first-order chi connectivity index (χ1) is 15.7. The van der Waals surface area contributed by atoms with Crippen molar-refractivity contribution in [2.75, 3.05) is 19.7 Å². The number of hydroxylamine groups is 2. The number of carbonyl (C=O) groups is 1. The average molecular weight is 460 g/mol. The van der Waals surface area contributed by atoms with Crippen LogP contribution in [0.25, 0.3) is 5.69 Å². The van der Waals surface area contributed by atoms with Crippen molar-refractivity contribution in [1.29, 1.82) is 0 Å². The largest absolute Gasteiger partial charge is 0.433 e. The number of hydrogen-bond acceptors (Lipinski definition) is 6. The van der Waals surface area contributed by atoms with Crippen LogP contribution in [0.5, 0.6) is 0 Å². The van der Waals surface area contributed by atoms with Gasteiger partial charge in [-0.2, -0.15) is 33.2 Å². The number of alkyl halides is 3. The number of rotatable bonds is 3. The zero-order valence-electron chi connectivity index (χ0n) is 18.1. The van der Waals surface area contributed by atoms with E-state index in [-0.39, 0.29) is 36.4 Å². The molecule has 1 saturated carbocycles. The highest BCUT2D eigenvalue weighted by Gasteiger charge is 2.56. The molecule has 2 fully saturated rings. The first kappa shape index (κ1) is 21.8. The van der Waals surface area contributed by atoms with Gasteiger partial charge in [0, 0.05) is 31.1 Å². The van der Waals surface area contributed by atoms with Crippen molar-refractivity contribution >= 4 is 12.1 Å². The van der Waals surface area contributed by atoms with Crippen LogP contribution in [0.4, 0.5) is 13.2 Å². The molecular weight excluding hydrogens is 437 g/mol. The molecule has 4 atom stereocenters. The first-order valence-electron chi connectivity index (χ1n) is 10.7. The van der Waals surface area contributed by atoms with Crippen molar-refractivity contribution < 1.29 is 22.8 Å². The predicted octanol–water partition coefficient (Wildman–Crippen LogP) is 2.80. The lowest BCUT2D eigenvalue weighted by molar-refractivity contribution is -0.162. The van der Waals surface area contributed by atoms with Crippen LogP contribution in [-0.4, -0.2) is 75.0 Å². The molecule has 174 valence electrons. The van der Waals surface area contributed by atoms with Crippen LogP contribution >= 0.6 is 0 Å². The van der Waals surface area contributed by atoms with Crippen LogP contribution in [0.1, 0.15) is 22.8 Å². The number of aliphatic imine (C=N–C) groups is 1. The molecule has 5 rings (SSSR count). The zero-order valence-corrected chi connectivity index (χ0v) is 18.1. The van der Waals surface area contributed by atoms with Crippen LogP contribution in [0, 0.1) is 18.8 Å². The summed E-state index contributed by atoms with van der Waals surface area (Å²) >= 11 is 0. The van der Waals surface area contributed by atoms with Gasteiger partial charge in [-0.05, 0) is 32.1 Å². The number of aromatic nitrogens is 3. The number of hydrogen-bond donors (Lipinski definition) is 0. The molecule has 1 aromatic carbocycles. The molecule has 0 spiro atoms. The number of aryl methyl sites for hydroxylation is 1. The minimum absolute atomic E-state index is 0.108. The minimum atomic E-state index is -4.46. The molecule has 0 N–H and O–H groups in total. The molecule has 3 aliphatic rings. The van der Waals surface area contributed by atoms with E-state index in [4.69, 9.17) is 4.84 Å². The molecule has 2 aromatic rings. The number of halogens is 3. The Bertz CT molecular complexity index is 1110. The lowest BCUT2D eigenvalue weighted by Crippen LogP contribution is -2.41. The summed E-state index contributed by atoms with van der Waals surface area (Å²) in [5.74, 6) is -0.563. The lowest BCUT2D eigenvalue weighted by Gasteiger charge is -2.26. The van der Waals surface area contributed by atoms with Crippen molar-refractivity contribution in [3.05, 3.63) is 53.5 Å². The van der Waals surface area contributed by atoms with E-state index in [9.17, 15) is 18.0 Å². The third-order valence-corrected chi connectivity index (χ3v) is 6.30. The van der Waals surface area contributed by atoms with E-state index in [1.807, 2.05) is 32.0 Å². The second kappa shape index (κ2) is 8.07. The maximum absolute atomic E-state index is 13.6. The summed E-state index contributed by atoms with van der Waals surface area (Å²) in [6.07, 6.45) is 1.19. The molecule has 1 amide bonds. The van der Waals surface area contributed by atoms with E-state index in [0.29, 0.717) is 24.3 Å². The number of nitrogens with zero attached hydrogens (tertiary/aromatic N) is 6. The van der Waals surface area contributed by atoms with Gasteiger partial charge in [0.2, 0.25) is 0 Å². The van der Waals surface area contributed by atoms with Crippen molar-refractivity contribution in [1.82, 2.24) is 25.0 Å². The van der Waals surface area contributed by atoms with Gasteiger partial charge in [-0.1, -0.05) is 11.6 Å². The summed E-state index contributed by atoms with van der Waals surface area (Å²) in [5, 5.41) is 10.0. The van der Waals surface area contributed by atoms with E-state index in [0.717, 1.165) is 5.56 Å². The molecule has 1 saturated heterocycles. The number of carbonyl (C=O) groups excluding carboxylic acids is 1.